The van der Waals surface area contributed by atoms with E-state index < -0.39 is 0 Å². The average molecular weight is 256 g/mol. The van der Waals surface area contributed by atoms with Crippen molar-refractivity contribution in [3.05, 3.63) is 17.0 Å². The second kappa shape index (κ2) is 4.26. The molecule has 1 aliphatic rings. The monoisotopic (exact) mass is 255 g/mol. The molecule has 0 saturated carbocycles. The van der Waals surface area contributed by atoms with E-state index in [0.29, 0.717) is 4.73 Å². The molecule has 76 valence electrons. The van der Waals surface area contributed by atoms with Crippen LogP contribution in [-0.2, 0) is 0 Å². The summed E-state index contributed by atoms with van der Waals surface area (Å²) in [5.41, 5.74) is 0. The van der Waals surface area contributed by atoms with Crippen molar-refractivity contribution in [2.24, 2.45) is 5.92 Å². The first kappa shape index (κ1) is 9.90. The van der Waals surface area contributed by atoms with Gasteiger partial charge in [-0.3, -0.25) is 0 Å². The number of anilines is 1. The smallest absolute Gasteiger partial charge is 0.198 e. The van der Waals surface area contributed by atoms with Crippen LogP contribution in [0.1, 0.15) is 19.8 Å². The van der Waals surface area contributed by atoms with Gasteiger partial charge < -0.3 is 4.90 Å². The van der Waals surface area contributed by atoms with Gasteiger partial charge in [-0.25, -0.2) is 9.97 Å². The molecule has 1 aromatic rings. The Bertz CT molecular complexity index is 308. The highest BCUT2D eigenvalue weighted by atomic mass is 79.9. The first-order valence-corrected chi connectivity index (χ1v) is 5.78. The van der Waals surface area contributed by atoms with Gasteiger partial charge in [-0.05, 0) is 40.8 Å². The van der Waals surface area contributed by atoms with Crippen molar-refractivity contribution >= 4 is 21.7 Å². The molecule has 1 aliphatic heterocycles. The van der Waals surface area contributed by atoms with Gasteiger partial charge in [-0.2, -0.15) is 0 Å². The Hall–Kier alpha value is -0.640. The molecule has 0 bridgehead atoms. The standard InChI is InChI=1S/C10H14BrN3/c1-8-3-6-14(7-4-8)9-2-5-12-10(11)13-9/h2,5,8H,3-4,6-7H2,1H3. The molecule has 1 fully saturated rings. The van der Waals surface area contributed by atoms with E-state index in [-0.39, 0.29) is 0 Å². The zero-order valence-electron chi connectivity index (χ0n) is 8.28. The van der Waals surface area contributed by atoms with Crippen molar-refractivity contribution in [1.82, 2.24) is 9.97 Å². The van der Waals surface area contributed by atoms with Crippen molar-refractivity contribution in [3.8, 4) is 0 Å². The maximum atomic E-state index is 4.35. The minimum Gasteiger partial charge on any atom is -0.356 e. The number of nitrogens with zero attached hydrogens (tertiary/aromatic N) is 3. The first-order valence-electron chi connectivity index (χ1n) is 4.99. The van der Waals surface area contributed by atoms with Gasteiger partial charge >= 0.3 is 0 Å². The summed E-state index contributed by atoms with van der Waals surface area (Å²) < 4.78 is 0.675. The molecule has 0 spiro atoms. The number of rotatable bonds is 1. The van der Waals surface area contributed by atoms with E-state index >= 15 is 0 Å². The average Bonchev–Trinajstić information content (AvgIpc) is 2.19. The Morgan fingerprint density at radius 1 is 1.43 bits per heavy atom. The van der Waals surface area contributed by atoms with Crippen LogP contribution < -0.4 is 4.90 Å². The van der Waals surface area contributed by atoms with Crippen LogP contribution in [0.4, 0.5) is 5.82 Å². The Labute approximate surface area is 92.7 Å². The Kier molecular flexibility index (Phi) is 3.01. The highest BCUT2D eigenvalue weighted by molar-refractivity contribution is 9.10. The second-order valence-corrected chi connectivity index (χ2v) is 4.56. The van der Waals surface area contributed by atoms with Crippen LogP contribution in [0.2, 0.25) is 0 Å². The Morgan fingerprint density at radius 3 is 2.79 bits per heavy atom. The molecule has 0 amide bonds. The lowest BCUT2D eigenvalue weighted by Gasteiger charge is -2.31. The van der Waals surface area contributed by atoms with Crippen LogP contribution in [0.5, 0.6) is 0 Å². The summed E-state index contributed by atoms with van der Waals surface area (Å²) in [6.07, 6.45) is 4.33. The number of piperidine rings is 1. The van der Waals surface area contributed by atoms with Gasteiger partial charge in [-0.15, -0.1) is 0 Å². The van der Waals surface area contributed by atoms with Crippen LogP contribution in [0.3, 0.4) is 0 Å². The molecule has 0 unspecified atom stereocenters. The molecule has 3 nitrogen and oxygen atoms in total. The highest BCUT2D eigenvalue weighted by Crippen LogP contribution is 2.21. The van der Waals surface area contributed by atoms with Crippen LogP contribution in [-0.4, -0.2) is 23.1 Å². The molecule has 0 atom stereocenters. The predicted molar refractivity (Wildman–Crippen MR) is 60.3 cm³/mol. The van der Waals surface area contributed by atoms with Crippen molar-refractivity contribution in [1.29, 1.82) is 0 Å². The topological polar surface area (TPSA) is 29.0 Å². The first-order chi connectivity index (χ1) is 6.75. The normalized spacial score (nSPS) is 18.6. The lowest BCUT2D eigenvalue weighted by molar-refractivity contribution is 0.436. The summed E-state index contributed by atoms with van der Waals surface area (Å²) in [4.78, 5) is 10.7. The van der Waals surface area contributed by atoms with Crippen LogP contribution >= 0.6 is 15.9 Å². The van der Waals surface area contributed by atoms with Gasteiger partial charge in [0.05, 0.1) is 0 Å². The maximum Gasteiger partial charge on any atom is 0.198 e. The summed E-state index contributed by atoms with van der Waals surface area (Å²) in [5, 5.41) is 0. The van der Waals surface area contributed by atoms with E-state index in [1.807, 2.05) is 6.07 Å². The van der Waals surface area contributed by atoms with E-state index in [1.54, 1.807) is 6.20 Å². The van der Waals surface area contributed by atoms with Gasteiger partial charge in [0.25, 0.3) is 0 Å². The van der Waals surface area contributed by atoms with Crippen LogP contribution in [0.25, 0.3) is 0 Å². The van der Waals surface area contributed by atoms with Gasteiger partial charge in [0.2, 0.25) is 0 Å². The number of hydrogen-bond donors (Lipinski definition) is 0. The molecule has 0 aliphatic carbocycles. The van der Waals surface area contributed by atoms with Gasteiger partial charge in [0.1, 0.15) is 5.82 Å². The summed E-state index contributed by atoms with van der Waals surface area (Å²) in [6, 6.07) is 1.97. The molecule has 14 heavy (non-hydrogen) atoms. The minimum absolute atomic E-state index is 0.675. The number of hydrogen-bond acceptors (Lipinski definition) is 3. The maximum absolute atomic E-state index is 4.35. The third kappa shape index (κ3) is 2.23. The van der Waals surface area contributed by atoms with Crippen molar-refractivity contribution < 1.29 is 0 Å². The summed E-state index contributed by atoms with van der Waals surface area (Å²) >= 11 is 3.29. The van der Waals surface area contributed by atoms with Crippen LogP contribution in [0, 0.1) is 5.92 Å². The second-order valence-electron chi connectivity index (χ2n) is 3.85. The fourth-order valence-corrected chi connectivity index (χ4v) is 2.04. The quantitative estimate of drug-likeness (QED) is 0.723. The molecule has 0 aromatic carbocycles. The third-order valence-electron chi connectivity index (χ3n) is 2.72. The van der Waals surface area contributed by atoms with Crippen LogP contribution in [0.15, 0.2) is 17.0 Å². The molecule has 4 heteroatoms. The molecule has 1 aromatic heterocycles. The van der Waals surface area contributed by atoms with E-state index in [1.165, 1.54) is 12.8 Å². The lowest BCUT2D eigenvalue weighted by Crippen LogP contribution is -2.33. The number of aromatic nitrogens is 2. The zero-order chi connectivity index (χ0) is 9.97. The number of halogens is 1. The Morgan fingerprint density at radius 2 is 2.14 bits per heavy atom. The molecule has 2 rings (SSSR count). The zero-order valence-corrected chi connectivity index (χ0v) is 9.87. The fraction of sp³-hybridized carbons (Fsp3) is 0.600. The molecule has 0 N–H and O–H groups in total. The van der Waals surface area contributed by atoms with Crippen molar-refractivity contribution in [2.75, 3.05) is 18.0 Å². The predicted octanol–water partition coefficient (Wildman–Crippen LogP) is 2.48. The van der Waals surface area contributed by atoms with Crippen molar-refractivity contribution in [3.63, 3.8) is 0 Å². The van der Waals surface area contributed by atoms with Gasteiger partial charge in [0, 0.05) is 19.3 Å². The summed E-state index contributed by atoms with van der Waals surface area (Å²) in [7, 11) is 0. The summed E-state index contributed by atoms with van der Waals surface area (Å²) in [5.74, 6) is 1.90. The molecular weight excluding hydrogens is 242 g/mol. The lowest BCUT2D eigenvalue weighted by atomic mass is 9.99. The van der Waals surface area contributed by atoms with Gasteiger partial charge in [0.15, 0.2) is 4.73 Å². The van der Waals surface area contributed by atoms with E-state index in [0.717, 1.165) is 24.8 Å². The third-order valence-corrected chi connectivity index (χ3v) is 3.10. The minimum atomic E-state index is 0.675. The highest BCUT2D eigenvalue weighted by Gasteiger charge is 2.16. The van der Waals surface area contributed by atoms with E-state index in [9.17, 15) is 0 Å². The Balaban J connectivity index is 2.08. The van der Waals surface area contributed by atoms with Crippen molar-refractivity contribution in [2.45, 2.75) is 19.8 Å². The molecule has 1 saturated heterocycles. The molecule has 2 heterocycles. The van der Waals surface area contributed by atoms with E-state index in [2.05, 4.69) is 37.7 Å². The van der Waals surface area contributed by atoms with E-state index in [4.69, 9.17) is 0 Å². The largest absolute Gasteiger partial charge is 0.356 e. The molecule has 0 radical (unpaired) electrons. The fourth-order valence-electron chi connectivity index (χ4n) is 1.74. The molecular formula is C10H14BrN3. The van der Waals surface area contributed by atoms with Gasteiger partial charge in [-0.1, -0.05) is 6.92 Å². The SMILES string of the molecule is CC1CCN(c2ccnc(Br)n2)CC1. The summed E-state index contributed by atoms with van der Waals surface area (Å²) in [6.45, 7) is 4.54.